The maximum absolute atomic E-state index is 13.5. The van der Waals surface area contributed by atoms with Crippen LogP contribution in [0.2, 0.25) is 0 Å². The molecule has 2 fully saturated rings. The first kappa shape index (κ1) is 16.7. The molecule has 2 aromatic rings. The number of nitrogens with one attached hydrogen (secondary N) is 1. The summed E-state index contributed by atoms with van der Waals surface area (Å²) in [6.45, 7) is 0.725. The monoisotopic (exact) mass is 378 g/mol. The Balaban J connectivity index is 1.63. The molecule has 0 aromatic heterocycles. The molecule has 2 amide bonds. The molecule has 2 atom stereocenters. The summed E-state index contributed by atoms with van der Waals surface area (Å²) in [7, 11) is 0. The molecule has 8 heteroatoms. The van der Waals surface area contributed by atoms with Crippen LogP contribution < -0.4 is 15.3 Å². The average molecular weight is 378 g/mol. The van der Waals surface area contributed by atoms with Gasteiger partial charge in [0, 0.05) is 30.8 Å². The second-order valence-electron chi connectivity index (χ2n) is 7.49. The number of hydrogen-bond acceptors (Lipinski definition) is 5. The predicted molar refractivity (Wildman–Crippen MR) is 102 cm³/mol. The van der Waals surface area contributed by atoms with E-state index in [9.17, 15) is 19.7 Å². The molecular weight excluding hydrogens is 360 g/mol. The van der Waals surface area contributed by atoms with Gasteiger partial charge >= 0.3 is 0 Å². The highest BCUT2D eigenvalue weighted by Gasteiger charge is 2.63. The maximum Gasteiger partial charge on any atom is 0.269 e. The van der Waals surface area contributed by atoms with Crippen molar-refractivity contribution in [2.24, 2.45) is 5.41 Å². The second-order valence-corrected chi connectivity index (χ2v) is 7.49. The van der Waals surface area contributed by atoms with E-state index >= 15 is 0 Å². The fraction of sp³-hybridized carbons (Fsp3) is 0.300. The molecule has 2 aromatic carbocycles. The summed E-state index contributed by atoms with van der Waals surface area (Å²) in [4.78, 5) is 39.6. The minimum atomic E-state index is -1.27. The number of anilines is 2. The van der Waals surface area contributed by atoms with Crippen molar-refractivity contribution >= 4 is 28.9 Å². The quantitative estimate of drug-likeness (QED) is 0.491. The third-order valence-electron chi connectivity index (χ3n) is 6.09. The van der Waals surface area contributed by atoms with Gasteiger partial charge in [-0.2, -0.15) is 0 Å². The number of rotatable bonds is 2. The Morgan fingerprint density at radius 2 is 1.93 bits per heavy atom. The van der Waals surface area contributed by atoms with E-state index in [1.54, 1.807) is 30.3 Å². The van der Waals surface area contributed by atoms with Crippen molar-refractivity contribution in [2.75, 3.05) is 16.5 Å². The number of hydrazine groups is 1. The van der Waals surface area contributed by atoms with Gasteiger partial charge in [-0.3, -0.25) is 25.1 Å². The zero-order valence-electron chi connectivity index (χ0n) is 15.0. The van der Waals surface area contributed by atoms with Crippen molar-refractivity contribution in [3.05, 3.63) is 64.2 Å². The van der Waals surface area contributed by atoms with E-state index < -0.39 is 10.3 Å². The summed E-state index contributed by atoms with van der Waals surface area (Å²) in [5.74, 6) is -0.631. The molecular formula is C20H18N4O4. The van der Waals surface area contributed by atoms with Crippen molar-refractivity contribution in [1.29, 1.82) is 0 Å². The number of amides is 2. The normalized spacial score (nSPS) is 25.6. The van der Waals surface area contributed by atoms with Gasteiger partial charge in [0.2, 0.25) is 0 Å². The summed E-state index contributed by atoms with van der Waals surface area (Å²) in [5, 5.41) is 12.6. The molecule has 3 aliphatic rings. The number of fused-ring (bicyclic) bond motifs is 4. The minimum Gasteiger partial charge on any atom is -0.367 e. The van der Waals surface area contributed by atoms with Gasteiger partial charge < -0.3 is 4.90 Å². The minimum absolute atomic E-state index is 0.0303. The smallest absolute Gasteiger partial charge is 0.269 e. The zero-order valence-corrected chi connectivity index (χ0v) is 15.0. The first-order valence-electron chi connectivity index (χ1n) is 9.27. The van der Waals surface area contributed by atoms with Crippen LogP contribution in [-0.4, -0.2) is 29.3 Å². The number of non-ortho nitro benzene ring substituents is 1. The van der Waals surface area contributed by atoms with Crippen molar-refractivity contribution < 1.29 is 14.5 Å². The number of para-hydroxylation sites is 1. The molecule has 0 saturated carbocycles. The van der Waals surface area contributed by atoms with E-state index in [1.807, 2.05) is 6.07 Å². The summed E-state index contributed by atoms with van der Waals surface area (Å²) in [5.41, 5.74) is 3.61. The van der Waals surface area contributed by atoms with Crippen molar-refractivity contribution in [2.45, 2.75) is 25.3 Å². The van der Waals surface area contributed by atoms with Crippen LogP contribution in [0.3, 0.4) is 0 Å². The highest BCUT2D eigenvalue weighted by Crippen LogP contribution is 2.49. The number of hydrogen-bond donors (Lipinski definition) is 1. The van der Waals surface area contributed by atoms with Gasteiger partial charge in [0.1, 0.15) is 0 Å². The van der Waals surface area contributed by atoms with Crippen LogP contribution in [0.1, 0.15) is 18.4 Å². The van der Waals surface area contributed by atoms with Crippen LogP contribution in [0, 0.1) is 15.5 Å². The average Bonchev–Trinajstić information content (AvgIpc) is 3.29. The zero-order chi connectivity index (χ0) is 19.5. The third kappa shape index (κ3) is 2.11. The molecule has 8 nitrogen and oxygen atoms in total. The van der Waals surface area contributed by atoms with Gasteiger partial charge in [-0.25, -0.2) is 5.01 Å². The van der Waals surface area contributed by atoms with Gasteiger partial charge in [0.25, 0.3) is 17.5 Å². The number of nitrogens with zero attached hydrogens (tertiary/aromatic N) is 3. The number of carbonyl (C=O) groups excluding carboxylic acids is 2. The van der Waals surface area contributed by atoms with Crippen LogP contribution in [-0.2, 0) is 16.0 Å². The number of nitro benzene ring substituents is 1. The fourth-order valence-corrected chi connectivity index (χ4v) is 4.85. The van der Waals surface area contributed by atoms with E-state index in [0.29, 0.717) is 11.3 Å². The van der Waals surface area contributed by atoms with Gasteiger partial charge in [-0.1, -0.05) is 18.2 Å². The summed E-state index contributed by atoms with van der Waals surface area (Å²) < 4.78 is 0. The molecule has 28 heavy (non-hydrogen) atoms. The largest absolute Gasteiger partial charge is 0.367 e. The molecule has 0 radical (unpaired) electrons. The van der Waals surface area contributed by atoms with Gasteiger partial charge in [0.05, 0.1) is 16.7 Å². The Kier molecular flexibility index (Phi) is 3.46. The number of benzene rings is 2. The molecule has 0 aliphatic carbocycles. The number of carbonyl (C=O) groups is 2. The summed E-state index contributed by atoms with van der Waals surface area (Å²) in [6, 6.07) is 13.5. The van der Waals surface area contributed by atoms with Crippen molar-refractivity contribution in [3.63, 3.8) is 0 Å². The molecule has 1 N–H and O–H groups in total. The Morgan fingerprint density at radius 1 is 1.14 bits per heavy atom. The molecule has 0 bridgehead atoms. The topological polar surface area (TPSA) is 95.8 Å². The Bertz CT molecular complexity index is 1010. The van der Waals surface area contributed by atoms with Gasteiger partial charge in [0.15, 0.2) is 5.41 Å². The summed E-state index contributed by atoms with van der Waals surface area (Å²) in [6.07, 6.45) is 1.77. The Morgan fingerprint density at radius 3 is 2.68 bits per heavy atom. The van der Waals surface area contributed by atoms with E-state index in [-0.39, 0.29) is 30.0 Å². The Labute approximate surface area is 160 Å². The molecule has 2 saturated heterocycles. The lowest BCUT2D eigenvalue weighted by Crippen LogP contribution is -2.56. The molecule has 3 heterocycles. The van der Waals surface area contributed by atoms with Crippen LogP contribution in [0.5, 0.6) is 0 Å². The van der Waals surface area contributed by atoms with Crippen LogP contribution >= 0.6 is 0 Å². The van der Waals surface area contributed by atoms with E-state index in [2.05, 4.69) is 10.3 Å². The Hall–Kier alpha value is -3.42. The molecule has 5 rings (SSSR count). The highest BCUT2D eigenvalue weighted by atomic mass is 16.6. The lowest BCUT2D eigenvalue weighted by atomic mass is 9.70. The molecule has 2 unspecified atom stereocenters. The first-order valence-corrected chi connectivity index (χ1v) is 9.27. The van der Waals surface area contributed by atoms with Crippen LogP contribution in [0.4, 0.5) is 17.1 Å². The lowest BCUT2D eigenvalue weighted by molar-refractivity contribution is -0.384. The van der Waals surface area contributed by atoms with E-state index in [1.165, 1.54) is 17.1 Å². The number of nitro groups is 1. The van der Waals surface area contributed by atoms with Gasteiger partial charge in [-0.15, -0.1) is 0 Å². The second kappa shape index (κ2) is 5.79. The van der Waals surface area contributed by atoms with Crippen molar-refractivity contribution in [1.82, 2.24) is 5.43 Å². The highest BCUT2D eigenvalue weighted by molar-refractivity contribution is 6.19. The lowest BCUT2D eigenvalue weighted by Gasteiger charge is -2.43. The summed E-state index contributed by atoms with van der Waals surface area (Å²) >= 11 is 0. The maximum atomic E-state index is 13.5. The molecule has 142 valence electrons. The standard InChI is InChI=1S/C20H18N4O4/c25-18-20(19(26)23(21-18)14-5-2-1-3-6-14)12-13-11-15(24(27)28)8-9-16(13)22-10-4-7-17(20)22/h1-3,5-6,8-9,11,17H,4,7,10,12H2,(H,21,25). The van der Waals surface area contributed by atoms with Crippen molar-refractivity contribution in [3.8, 4) is 0 Å². The van der Waals surface area contributed by atoms with E-state index in [0.717, 1.165) is 25.1 Å². The third-order valence-corrected chi connectivity index (χ3v) is 6.09. The SMILES string of the molecule is O=C1NN(c2ccccc2)C(=O)C12Cc1cc([N+](=O)[O-])ccc1N1CCCC12. The predicted octanol–water partition coefficient (Wildman–Crippen LogP) is 2.18. The van der Waals surface area contributed by atoms with Crippen LogP contribution in [0.25, 0.3) is 0 Å². The fourth-order valence-electron chi connectivity index (χ4n) is 4.85. The molecule has 3 aliphatic heterocycles. The van der Waals surface area contributed by atoms with Gasteiger partial charge in [-0.05, 0) is 36.6 Å². The van der Waals surface area contributed by atoms with Crippen LogP contribution in [0.15, 0.2) is 48.5 Å². The van der Waals surface area contributed by atoms with E-state index in [4.69, 9.17) is 0 Å². The first-order chi connectivity index (χ1) is 13.5. The molecule has 1 spiro atoms.